The second-order valence-electron chi connectivity index (χ2n) is 9.15. The lowest BCUT2D eigenvalue weighted by molar-refractivity contribution is -0.325. The third kappa shape index (κ3) is 5.92. The summed E-state index contributed by atoms with van der Waals surface area (Å²) in [5.41, 5.74) is -3.86. The van der Waals surface area contributed by atoms with Gasteiger partial charge in [-0.05, 0) is 25.7 Å². The number of thiophene rings is 1. The number of nitrogens with zero attached hydrogens (tertiary/aromatic N) is 3. The van der Waals surface area contributed by atoms with Gasteiger partial charge >= 0.3 is 12.1 Å². The Morgan fingerprint density at radius 2 is 1.77 bits per heavy atom. The van der Waals surface area contributed by atoms with Crippen LogP contribution in [0.4, 0.5) is 22.0 Å². The maximum absolute atomic E-state index is 14.2. The molecule has 1 N–H and O–H groups in total. The lowest BCUT2D eigenvalue weighted by atomic mass is 9.93. The molecule has 1 saturated heterocycles. The molecule has 1 fully saturated rings. The van der Waals surface area contributed by atoms with E-state index in [0.717, 1.165) is 4.57 Å². The van der Waals surface area contributed by atoms with Gasteiger partial charge in [0.15, 0.2) is 0 Å². The van der Waals surface area contributed by atoms with Crippen molar-refractivity contribution in [1.82, 2.24) is 14.0 Å². The summed E-state index contributed by atoms with van der Waals surface area (Å²) in [6.07, 6.45) is -7.80. The molecule has 1 aliphatic rings. The summed E-state index contributed by atoms with van der Waals surface area (Å²) in [7, 11) is 0. The van der Waals surface area contributed by atoms with Gasteiger partial charge in [0.1, 0.15) is 9.71 Å². The third-order valence-electron chi connectivity index (χ3n) is 5.76. The Morgan fingerprint density at radius 3 is 2.29 bits per heavy atom. The van der Waals surface area contributed by atoms with Crippen molar-refractivity contribution in [2.24, 2.45) is 5.92 Å². The largest absolute Gasteiger partial charge is 0.522 e. The van der Waals surface area contributed by atoms with Crippen molar-refractivity contribution >= 4 is 27.5 Å². The number of fused-ring (bicyclic) bond motifs is 1. The van der Waals surface area contributed by atoms with E-state index < -0.39 is 64.5 Å². The zero-order valence-corrected chi connectivity index (χ0v) is 20.1. The summed E-state index contributed by atoms with van der Waals surface area (Å²) < 4.78 is 71.2. The van der Waals surface area contributed by atoms with Gasteiger partial charge in [0, 0.05) is 19.6 Å². The maximum Gasteiger partial charge on any atom is 0.522 e. The second kappa shape index (κ2) is 9.97. The third-order valence-corrected chi connectivity index (χ3v) is 6.98. The van der Waals surface area contributed by atoms with Crippen LogP contribution in [0.2, 0.25) is 0 Å². The summed E-state index contributed by atoms with van der Waals surface area (Å²) in [5, 5.41) is 9.55. The number of amides is 1. The summed E-state index contributed by atoms with van der Waals surface area (Å²) >= 11 is 0.473. The van der Waals surface area contributed by atoms with Gasteiger partial charge in [0.05, 0.1) is 29.7 Å². The van der Waals surface area contributed by atoms with Gasteiger partial charge in [0.25, 0.3) is 17.9 Å². The average molecular weight is 528 g/mol. The van der Waals surface area contributed by atoms with Gasteiger partial charge in [-0.25, -0.2) is 13.6 Å². The number of likely N-dealkylation sites (tertiary alicyclic amines) is 1. The topological polar surface area (TPSA) is 93.8 Å². The van der Waals surface area contributed by atoms with E-state index in [0.29, 0.717) is 15.9 Å². The first kappa shape index (κ1) is 27.3. The Bertz CT molecular complexity index is 1210. The van der Waals surface area contributed by atoms with Crippen LogP contribution in [0.1, 0.15) is 55.3 Å². The molecule has 3 rings (SSSR count). The first-order chi connectivity index (χ1) is 16.1. The van der Waals surface area contributed by atoms with E-state index in [4.69, 9.17) is 0 Å². The molecule has 35 heavy (non-hydrogen) atoms. The van der Waals surface area contributed by atoms with Crippen LogP contribution < -0.4 is 11.2 Å². The molecular weight excluding hydrogens is 501 g/mol. The quantitative estimate of drug-likeness (QED) is 0.558. The monoisotopic (exact) mass is 527 g/mol. The van der Waals surface area contributed by atoms with Gasteiger partial charge in [-0.2, -0.15) is 0 Å². The van der Waals surface area contributed by atoms with Crippen molar-refractivity contribution in [2.75, 3.05) is 19.7 Å². The van der Waals surface area contributed by atoms with E-state index in [2.05, 4.69) is 4.74 Å². The molecule has 196 valence electrons. The molecule has 0 saturated carbocycles. The van der Waals surface area contributed by atoms with Crippen molar-refractivity contribution < 1.29 is 36.6 Å². The Hall–Kier alpha value is -2.32. The summed E-state index contributed by atoms with van der Waals surface area (Å²) in [4.78, 5) is 39.8. The van der Waals surface area contributed by atoms with Gasteiger partial charge in [-0.15, -0.1) is 24.5 Å². The molecule has 14 heteroatoms. The minimum absolute atomic E-state index is 0.0898. The van der Waals surface area contributed by atoms with E-state index in [1.807, 2.05) is 0 Å². The highest BCUT2D eigenvalue weighted by Gasteiger charge is 2.35. The number of ether oxygens (including phenoxy) is 1. The number of aliphatic hydroxyl groups is 1. The normalized spacial score (nSPS) is 16.6. The van der Waals surface area contributed by atoms with E-state index in [1.54, 1.807) is 20.8 Å². The number of hydrogen-bond donors (Lipinski definition) is 1. The molecule has 1 amide bonds. The summed E-state index contributed by atoms with van der Waals surface area (Å²) in [5.74, 6) is -1.05. The predicted molar refractivity (Wildman–Crippen MR) is 118 cm³/mol. The van der Waals surface area contributed by atoms with Crippen LogP contribution in [0, 0.1) is 5.92 Å². The van der Waals surface area contributed by atoms with Crippen molar-refractivity contribution in [3.05, 3.63) is 31.3 Å². The minimum atomic E-state index is -4.98. The lowest BCUT2D eigenvalue weighted by Crippen LogP contribution is -2.45. The van der Waals surface area contributed by atoms with E-state index in [1.165, 1.54) is 4.90 Å². The fourth-order valence-electron chi connectivity index (χ4n) is 3.96. The molecule has 0 radical (unpaired) electrons. The van der Waals surface area contributed by atoms with Crippen molar-refractivity contribution in [3.63, 3.8) is 0 Å². The standard InChI is InChI=1S/C21H26F5N3O5S/c1-11(2)10-29-16(30)13-12(15(22)23)14(17(31)27-6-4-20(3,33)5-7-27)35-18(13)28(19(29)32)8-9-34-21(24,25)26/h11,15,33H,4-10H2,1-3H3. The molecule has 2 aromatic rings. The molecular formula is C21H26F5N3O5S. The van der Waals surface area contributed by atoms with Gasteiger partial charge < -0.3 is 10.0 Å². The fraction of sp³-hybridized carbons (Fsp3) is 0.667. The highest BCUT2D eigenvalue weighted by molar-refractivity contribution is 7.20. The number of alkyl halides is 5. The number of rotatable bonds is 7. The van der Waals surface area contributed by atoms with Crippen LogP contribution in [-0.4, -0.2) is 56.7 Å². The molecule has 1 aliphatic heterocycles. The van der Waals surface area contributed by atoms with Crippen LogP contribution >= 0.6 is 11.3 Å². The van der Waals surface area contributed by atoms with Crippen LogP contribution in [0.15, 0.2) is 9.59 Å². The Morgan fingerprint density at radius 1 is 1.17 bits per heavy atom. The molecule has 0 spiro atoms. The number of aromatic nitrogens is 2. The van der Waals surface area contributed by atoms with Crippen molar-refractivity contribution in [2.45, 2.75) is 65.1 Å². The Kier molecular flexibility index (Phi) is 7.77. The molecule has 0 bridgehead atoms. The van der Waals surface area contributed by atoms with Crippen LogP contribution in [-0.2, 0) is 17.8 Å². The lowest BCUT2D eigenvalue weighted by Gasteiger charge is -2.35. The molecule has 2 aromatic heterocycles. The second-order valence-corrected chi connectivity index (χ2v) is 10.2. The first-order valence-corrected chi connectivity index (χ1v) is 11.7. The first-order valence-electron chi connectivity index (χ1n) is 10.9. The molecule has 3 heterocycles. The van der Waals surface area contributed by atoms with E-state index in [9.17, 15) is 41.4 Å². The molecule has 8 nitrogen and oxygen atoms in total. The van der Waals surface area contributed by atoms with Gasteiger partial charge in [-0.1, -0.05) is 13.8 Å². The molecule has 0 aliphatic carbocycles. The van der Waals surface area contributed by atoms with Crippen molar-refractivity contribution in [1.29, 1.82) is 0 Å². The van der Waals surface area contributed by atoms with Crippen molar-refractivity contribution in [3.8, 4) is 0 Å². The average Bonchev–Trinajstić information content (AvgIpc) is 3.13. The number of carbonyl (C=O) groups excluding carboxylic acids is 1. The fourth-order valence-corrected chi connectivity index (χ4v) is 5.25. The van der Waals surface area contributed by atoms with E-state index >= 15 is 0 Å². The Labute approximate surface area is 200 Å². The van der Waals surface area contributed by atoms with Crippen LogP contribution in [0.3, 0.4) is 0 Å². The summed E-state index contributed by atoms with van der Waals surface area (Å²) in [6, 6.07) is 0. The van der Waals surface area contributed by atoms with Gasteiger partial charge in [-0.3, -0.25) is 23.5 Å². The van der Waals surface area contributed by atoms with Crippen LogP contribution in [0.5, 0.6) is 0 Å². The zero-order valence-electron chi connectivity index (χ0n) is 19.3. The SMILES string of the molecule is CC(C)Cn1c(=O)c2c(C(F)F)c(C(=O)N3CCC(C)(O)CC3)sc2n(CCOC(F)(F)F)c1=O. The van der Waals surface area contributed by atoms with Gasteiger partial charge in [0.2, 0.25) is 0 Å². The number of halogens is 5. The molecule has 0 unspecified atom stereocenters. The maximum atomic E-state index is 14.2. The zero-order chi connectivity index (χ0) is 26.3. The highest BCUT2D eigenvalue weighted by Crippen LogP contribution is 2.37. The predicted octanol–water partition coefficient (Wildman–Crippen LogP) is 3.34. The number of hydrogen-bond acceptors (Lipinski definition) is 6. The Balaban J connectivity index is 2.20. The summed E-state index contributed by atoms with van der Waals surface area (Å²) in [6.45, 7) is 3.30. The molecule has 0 aromatic carbocycles. The number of carbonyl (C=O) groups is 1. The minimum Gasteiger partial charge on any atom is -0.390 e. The van der Waals surface area contributed by atoms with Crippen LogP contribution in [0.25, 0.3) is 10.2 Å². The smallest absolute Gasteiger partial charge is 0.390 e. The number of piperidine rings is 1. The molecule has 0 atom stereocenters. The van der Waals surface area contributed by atoms with E-state index in [-0.39, 0.29) is 43.2 Å². The highest BCUT2D eigenvalue weighted by atomic mass is 32.1.